The molecule has 0 heterocycles. The Morgan fingerprint density at radius 2 is 0.356 bits per heavy atom. The van der Waals surface area contributed by atoms with Gasteiger partial charge in [0.15, 0.2) is 52.0 Å². The van der Waals surface area contributed by atoms with E-state index in [1.165, 1.54) is 0 Å². The van der Waals surface area contributed by atoms with E-state index in [1.807, 2.05) is 0 Å². The fourth-order valence-corrected chi connectivity index (χ4v) is 12.0. The standard InChI is InChI=1S/C15H3Cl29O/c16-2(17,1-45)3(18,19)4(20,21)5(22,23)6(24,25)7(26,27)8(28,29)9(30,31)10(32,33)11(34,35)12(36,37)13(38,39)14(40,41)15(42,43)44/h45H,1H2. The van der Waals surface area contributed by atoms with Gasteiger partial charge < -0.3 is 5.11 Å². The number of aliphatic hydroxyl groups excluding tert-OH is 1. The Balaban J connectivity index is 7.53. The lowest BCUT2D eigenvalue weighted by atomic mass is 9.97. The van der Waals surface area contributed by atoms with E-state index in [0.717, 1.165) is 0 Å². The third kappa shape index (κ3) is 8.06. The zero-order valence-electron chi connectivity index (χ0n) is 19.1. The third-order valence-electron chi connectivity index (χ3n) is 5.35. The van der Waals surface area contributed by atoms with E-state index in [4.69, 9.17) is 336 Å². The zero-order chi connectivity index (χ0) is 37.7. The van der Waals surface area contributed by atoms with Crippen molar-refractivity contribution in [1.29, 1.82) is 0 Å². The molecule has 0 fully saturated rings. The summed E-state index contributed by atoms with van der Waals surface area (Å²) in [4.78, 5) is 0. The topological polar surface area (TPSA) is 20.2 Å². The van der Waals surface area contributed by atoms with Gasteiger partial charge in [0.05, 0.1) is 6.61 Å². The van der Waals surface area contributed by atoms with Crippen LogP contribution in [0.2, 0.25) is 0 Å². The molecule has 1 nitrogen and oxygen atoms in total. The minimum Gasteiger partial charge on any atom is -0.393 e. The Bertz CT molecular complexity index is 1080. The fraction of sp³-hybridized carbons (Fsp3) is 1.00. The average Bonchev–Trinajstić information content (AvgIpc) is 2.81. The van der Waals surface area contributed by atoms with Crippen LogP contribution in [0.3, 0.4) is 0 Å². The van der Waals surface area contributed by atoms with E-state index < -0.39 is 66.7 Å². The van der Waals surface area contributed by atoms with Gasteiger partial charge in [-0.15, -0.1) is 0 Å². The van der Waals surface area contributed by atoms with Gasteiger partial charge in [-0.1, -0.05) is 336 Å². The van der Waals surface area contributed by atoms with Gasteiger partial charge in [0.1, 0.15) is 0 Å². The summed E-state index contributed by atoms with van der Waals surface area (Å²) in [5.41, 5.74) is 0. The molecule has 0 aromatic rings. The number of aliphatic hydroxyl groups is 1. The van der Waals surface area contributed by atoms with Crippen LogP contribution < -0.4 is 0 Å². The Morgan fingerprint density at radius 1 is 0.222 bits per heavy atom. The molecule has 45 heavy (non-hydrogen) atoms. The van der Waals surface area contributed by atoms with Crippen LogP contribution in [0.4, 0.5) is 0 Å². The molecule has 30 heteroatoms. The van der Waals surface area contributed by atoms with Crippen LogP contribution in [-0.4, -0.2) is 71.8 Å². The SMILES string of the molecule is OCC(Cl)(Cl)C(Cl)(Cl)C(Cl)(Cl)C(Cl)(Cl)C(Cl)(Cl)C(Cl)(Cl)C(Cl)(Cl)C(Cl)(Cl)C(Cl)(Cl)C(Cl)(Cl)C(Cl)(Cl)C(Cl)(Cl)C(Cl)(Cl)C(Cl)(Cl)Cl. The Morgan fingerprint density at radius 3 is 0.489 bits per heavy atom. The Hall–Kier alpha value is 8.37. The molecule has 0 aromatic heterocycles. The van der Waals surface area contributed by atoms with E-state index in [9.17, 15) is 5.11 Å². The van der Waals surface area contributed by atoms with Crippen molar-refractivity contribution >= 4 is 336 Å². The zero-order valence-corrected chi connectivity index (χ0v) is 41.0. The predicted molar refractivity (Wildman–Crippen MR) is 215 cm³/mol. The molecule has 272 valence electrons. The van der Waals surface area contributed by atoms with Crippen molar-refractivity contribution in [1.82, 2.24) is 0 Å². The summed E-state index contributed by atoms with van der Waals surface area (Å²) in [7, 11) is 0. The van der Waals surface area contributed by atoms with Gasteiger partial charge >= 0.3 is 0 Å². The second kappa shape index (κ2) is 15.9. The van der Waals surface area contributed by atoms with Gasteiger partial charge in [-0.2, -0.15) is 0 Å². The van der Waals surface area contributed by atoms with Crippen LogP contribution in [0.15, 0.2) is 0 Å². The molecule has 0 aromatic carbocycles. The van der Waals surface area contributed by atoms with Crippen LogP contribution in [-0.2, 0) is 0 Å². The lowest BCUT2D eigenvalue weighted by Gasteiger charge is -2.58. The first-order chi connectivity index (χ1) is 18.8. The van der Waals surface area contributed by atoms with Crippen molar-refractivity contribution in [3.63, 3.8) is 0 Å². The minimum atomic E-state index is -3.52. The van der Waals surface area contributed by atoms with Crippen molar-refractivity contribution < 1.29 is 5.11 Å². The molecule has 0 aliphatic rings. The first-order valence-corrected chi connectivity index (χ1v) is 20.4. The molecule has 0 amide bonds. The highest BCUT2D eigenvalue weighted by Crippen LogP contribution is 2.77. The summed E-state index contributed by atoms with van der Waals surface area (Å²) in [6.45, 7) is -1.24. The smallest absolute Gasteiger partial charge is 0.226 e. The van der Waals surface area contributed by atoms with Gasteiger partial charge in [-0.3, -0.25) is 0 Å². The number of halogens is 29. The summed E-state index contributed by atoms with van der Waals surface area (Å²) in [6.07, 6.45) is 0. The van der Waals surface area contributed by atoms with Crippen molar-refractivity contribution in [2.24, 2.45) is 0 Å². The highest BCUT2D eigenvalue weighted by atomic mass is 35.6. The molecule has 0 radical (unpaired) electrons. The summed E-state index contributed by atoms with van der Waals surface area (Å²) in [6, 6.07) is 0. The maximum Gasteiger partial charge on any atom is 0.226 e. The fourth-order valence-electron chi connectivity index (χ4n) is 2.48. The number of hydrogen-bond donors (Lipinski definition) is 1. The molecular formula is C15H3Cl29O. The van der Waals surface area contributed by atoms with Gasteiger partial charge in [-0.25, -0.2) is 0 Å². The van der Waals surface area contributed by atoms with E-state index in [2.05, 4.69) is 0 Å². The van der Waals surface area contributed by atoms with Gasteiger partial charge in [0.2, 0.25) is 8.13 Å². The molecule has 0 saturated heterocycles. The monoisotopic (exact) mass is 1210 g/mol. The molecular weight excluding hydrogens is 1220 g/mol. The van der Waals surface area contributed by atoms with Crippen molar-refractivity contribution in [2.45, 2.75) is 60.1 Å². The van der Waals surface area contributed by atoms with E-state index in [-0.39, 0.29) is 0 Å². The molecule has 0 saturated carbocycles. The molecule has 0 unspecified atom stereocenters. The van der Waals surface area contributed by atoms with Crippen LogP contribution in [0, 0.1) is 0 Å². The van der Waals surface area contributed by atoms with Crippen molar-refractivity contribution in [2.75, 3.05) is 6.61 Å². The molecule has 0 bridgehead atoms. The Kier molecular flexibility index (Phi) is 18.8. The summed E-state index contributed by atoms with van der Waals surface area (Å²) in [5, 5.41) is 9.58. The van der Waals surface area contributed by atoms with Gasteiger partial charge in [0, 0.05) is 0 Å². The minimum absolute atomic E-state index is 1.24. The van der Waals surface area contributed by atoms with Gasteiger partial charge in [0.25, 0.3) is 0 Å². The third-order valence-corrected chi connectivity index (χ3v) is 25.9. The number of hydrogen-bond acceptors (Lipinski definition) is 1. The first-order valence-electron chi connectivity index (χ1n) is 9.40. The van der Waals surface area contributed by atoms with Crippen LogP contribution in [0.25, 0.3) is 0 Å². The molecule has 0 aliphatic carbocycles. The quantitative estimate of drug-likeness (QED) is 0.182. The lowest BCUT2D eigenvalue weighted by molar-refractivity contribution is 0.261. The highest BCUT2D eigenvalue weighted by molar-refractivity contribution is 6.85. The first kappa shape index (κ1) is 53.4. The maximum atomic E-state index is 9.58. The number of rotatable bonds is 13. The van der Waals surface area contributed by atoms with E-state index >= 15 is 0 Å². The second-order valence-corrected chi connectivity index (χ2v) is 27.9. The van der Waals surface area contributed by atoms with Gasteiger partial charge in [-0.05, 0) is 0 Å². The lowest BCUT2D eigenvalue weighted by Crippen LogP contribution is -2.75. The molecule has 0 spiro atoms. The van der Waals surface area contributed by atoms with Crippen LogP contribution in [0.1, 0.15) is 0 Å². The van der Waals surface area contributed by atoms with Crippen LogP contribution >= 0.6 is 336 Å². The molecule has 0 aliphatic heterocycles. The predicted octanol–water partition coefficient (Wildman–Crippen LogP) is 16.6. The largest absolute Gasteiger partial charge is 0.393 e. The normalized spacial score (nSPS) is 17.2. The second-order valence-electron chi connectivity index (χ2n) is 8.25. The van der Waals surface area contributed by atoms with Crippen molar-refractivity contribution in [3.05, 3.63) is 0 Å². The molecule has 0 rings (SSSR count). The van der Waals surface area contributed by atoms with E-state index in [0.29, 0.717) is 0 Å². The Labute approximate surface area is 401 Å². The summed E-state index contributed by atoms with van der Waals surface area (Å²) in [5.74, 6) is 0. The summed E-state index contributed by atoms with van der Waals surface area (Å²) < 4.78 is -45.6. The van der Waals surface area contributed by atoms with Crippen molar-refractivity contribution in [3.8, 4) is 0 Å². The number of alkyl halides is 29. The highest BCUT2D eigenvalue weighted by Gasteiger charge is 2.86. The maximum absolute atomic E-state index is 9.58. The van der Waals surface area contributed by atoms with E-state index in [1.54, 1.807) is 0 Å². The van der Waals surface area contributed by atoms with Crippen LogP contribution in [0.5, 0.6) is 0 Å². The molecule has 1 N–H and O–H groups in total. The summed E-state index contributed by atoms with van der Waals surface area (Å²) >= 11 is 182. The molecule has 0 atom stereocenters. The average molecular weight is 1230 g/mol.